The van der Waals surface area contributed by atoms with Crippen LogP contribution in [0, 0.1) is 11.3 Å². The van der Waals surface area contributed by atoms with Crippen LogP contribution in [0.3, 0.4) is 0 Å². The van der Waals surface area contributed by atoms with Gasteiger partial charge in [0.15, 0.2) is 0 Å². The summed E-state index contributed by atoms with van der Waals surface area (Å²) in [5, 5.41) is 15.0. The maximum Gasteiger partial charge on any atom is 0.308 e. The Morgan fingerprint density at radius 2 is 2.05 bits per heavy atom. The van der Waals surface area contributed by atoms with Crippen molar-refractivity contribution in [3.05, 3.63) is 0 Å². The molecule has 0 aromatic carbocycles. The van der Waals surface area contributed by atoms with E-state index in [4.69, 9.17) is 9.84 Å². The lowest BCUT2D eigenvalue weighted by Gasteiger charge is -2.35. The SMILES string of the molecule is CCC(CNC(=O)C1(COC)CCNCC1)C(=O)O. The van der Waals surface area contributed by atoms with Gasteiger partial charge in [-0.15, -0.1) is 0 Å². The maximum absolute atomic E-state index is 12.3. The molecule has 0 radical (unpaired) electrons. The minimum atomic E-state index is -0.867. The Morgan fingerprint density at radius 3 is 2.53 bits per heavy atom. The summed E-state index contributed by atoms with van der Waals surface area (Å²) in [5.74, 6) is -1.48. The van der Waals surface area contributed by atoms with E-state index < -0.39 is 17.3 Å². The maximum atomic E-state index is 12.3. The van der Waals surface area contributed by atoms with Crippen LogP contribution in [0.15, 0.2) is 0 Å². The van der Waals surface area contributed by atoms with Crippen molar-refractivity contribution in [2.75, 3.05) is 33.4 Å². The Kier molecular flexibility index (Phi) is 6.24. The molecule has 1 amide bonds. The normalized spacial score (nSPS) is 19.7. The molecule has 1 heterocycles. The molecule has 3 N–H and O–H groups in total. The fourth-order valence-corrected chi connectivity index (χ4v) is 2.43. The Labute approximate surface area is 113 Å². The first-order valence-corrected chi connectivity index (χ1v) is 6.76. The van der Waals surface area contributed by atoms with Crippen molar-refractivity contribution in [3.8, 4) is 0 Å². The molecule has 19 heavy (non-hydrogen) atoms. The molecule has 1 fully saturated rings. The average molecular weight is 272 g/mol. The quantitative estimate of drug-likeness (QED) is 0.617. The van der Waals surface area contributed by atoms with Crippen LogP contribution >= 0.6 is 0 Å². The lowest BCUT2D eigenvalue weighted by atomic mass is 9.78. The van der Waals surface area contributed by atoms with Gasteiger partial charge in [0, 0.05) is 13.7 Å². The van der Waals surface area contributed by atoms with Gasteiger partial charge in [-0.05, 0) is 32.4 Å². The topological polar surface area (TPSA) is 87.7 Å². The van der Waals surface area contributed by atoms with Crippen LogP contribution in [0.5, 0.6) is 0 Å². The number of carbonyl (C=O) groups is 2. The van der Waals surface area contributed by atoms with Crippen LogP contribution in [0.25, 0.3) is 0 Å². The van der Waals surface area contributed by atoms with Gasteiger partial charge in [0.2, 0.25) is 5.91 Å². The minimum Gasteiger partial charge on any atom is -0.481 e. The summed E-state index contributed by atoms with van der Waals surface area (Å²) in [6, 6.07) is 0. The van der Waals surface area contributed by atoms with Crippen LogP contribution in [0.4, 0.5) is 0 Å². The number of amides is 1. The third-order valence-electron chi connectivity index (χ3n) is 3.81. The fourth-order valence-electron chi connectivity index (χ4n) is 2.43. The number of hydrogen-bond acceptors (Lipinski definition) is 4. The van der Waals surface area contributed by atoms with E-state index >= 15 is 0 Å². The predicted octanol–water partition coefficient (Wildman–Crippen LogP) is 0.230. The van der Waals surface area contributed by atoms with Crippen molar-refractivity contribution in [2.45, 2.75) is 26.2 Å². The van der Waals surface area contributed by atoms with E-state index in [2.05, 4.69) is 10.6 Å². The first kappa shape index (κ1) is 15.9. The molecule has 6 nitrogen and oxygen atoms in total. The molecule has 110 valence electrons. The lowest BCUT2D eigenvalue weighted by molar-refractivity contribution is -0.142. The largest absolute Gasteiger partial charge is 0.481 e. The van der Waals surface area contributed by atoms with E-state index in [1.807, 2.05) is 0 Å². The molecule has 1 atom stereocenters. The smallest absolute Gasteiger partial charge is 0.308 e. The van der Waals surface area contributed by atoms with Gasteiger partial charge in [0.1, 0.15) is 0 Å². The first-order valence-electron chi connectivity index (χ1n) is 6.76. The van der Waals surface area contributed by atoms with Crippen LogP contribution in [-0.2, 0) is 14.3 Å². The molecule has 1 saturated heterocycles. The van der Waals surface area contributed by atoms with Crippen molar-refractivity contribution in [1.29, 1.82) is 0 Å². The van der Waals surface area contributed by atoms with Gasteiger partial charge in [-0.2, -0.15) is 0 Å². The highest BCUT2D eigenvalue weighted by molar-refractivity contribution is 5.83. The fraction of sp³-hybridized carbons (Fsp3) is 0.846. The molecule has 0 aromatic rings. The van der Waals surface area contributed by atoms with Crippen LogP contribution in [-0.4, -0.2) is 50.3 Å². The van der Waals surface area contributed by atoms with Crippen LogP contribution in [0.1, 0.15) is 26.2 Å². The number of rotatable bonds is 7. The molecule has 6 heteroatoms. The number of methoxy groups -OCH3 is 1. The van der Waals surface area contributed by atoms with Crippen molar-refractivity contribution in [3.63, 3.8) is 0 Å². The van der Waals surface area contributed by atoms with Crippen molar-refractivity contribution < 1.29 is 19.4 Å². The van der Waals surface area contributed by atoms with E-state index in [1.54, 1.807) is 14.0 Å². The van der Waals surface area contributed by atoms with E-state index in [1.165, 1.54) is 0 Å². The third kappa shape index (κ3) is 4.18. The molecule has 0 aliphatic carbocycles. The number of aliphatic carboxylic acids is 1. The minimum absolute atomic E-state index is 0.0875. The molecule has 0 bridgehead atoms. The van der Waals surface area contributed by atoms with Crippen molar-refractivity contribution >= 4 is 11.9 Å². The second kappa shape index (κ2) is 7.45. The van der Waals surface area contributed by atoms with Gasteiger partial charge < -0.3 is 20.5 Å². The Morgan fingerprint density at radius 1 is 1.42 bits per heavy atom. The summed E-state index contributed by atoms with van der Waals surface area (Å²) in [6.07, 6.45) is 1.95. The molecule has 0 saturated carbocycles. The van der Waals surface area contributed by atoms with Gasteiger partial charge in [-0.3, -0.25) is 9.59 Å². The highest BCUT2D eigenvalue weighted by Gasteiger charge is 2.39. The van der Waals surface area contributed by atoms with E-state index in [0.29, 0.717) is 13.0 Å². The highest BCUT2D eigenvalue weighted by atomic mass is 16.5. The molecule has 1 aliphatic rings. The van der Waals surface area contributed by atoms with E-state index in [-0.39, 0.29) is 12.5 Å². The zero-order chi connectivity index (χ0) is 14.3. The number of ether oxygens (including phenoxy) is 1. The Bertz CT molecular complexity index is 308. The van der Waals surface area contributed by atoms with Crippen molar-refractivity contribution in [1.82, 2.24) is 10.6 Å². The van der Waals surface area contributed by atoms with Gasteiger partial charge >= 0.3 is 5.97 Å². The summed E-state index contributed by atoms with van der Waals surface area (Å²) in [4.78, 5) is 23.3. The average Bonchev–Trinajstić information content (AvgIpc) is 2.40. The zero-order valence-electron chi connectivity index (χ0n) is 11.7. The van der Waals surface area contributed by atoms with Gasteiger partial charge in [-0.1, -0.05) is 6.92 Å². The van der Waals surface area contributed by atoms with Crippen LogP contribution in [0.2, 0.25) is 0 Å². The molecular weight excluding hydrogens is 248 g/mol. The molecule has 1 aliphatic heterocycles. The second-order valence-corrected chi connectivity index (χ2v) is 5.12. The summed E-state index contributed by atoms with van der Waals surface area (Å²) in [6.45, 7) is 3.94. The summed E-state index contributed by atoms with van der Waals surface area (Å²) in [7, 11) is 1.59. The molecule has 1 unspecified atom stereocenters. The number of hydrogen-bond donors (Lipinski definition) is 3. The Hall–Kier alpha value is -1.14. The summed E-state index contributed by atoms with van der Waals surface area (Å²) < 4.78 is 5.18. The Balaban J connectivity index is 2.59. The first-order chi connectivity index (χ1) is 9.05. The number of nitrogens with one attached hydrogen (secondary N) is 2. The third-order valence-corrected chi connectivity index (χ3v) is 3.81. The summed E-state index contributed by atoms with van der Waals surface area (Å²) >= 11 is 0. The monoisotopic (exact) mass is 272 g/mol. The highest BCUT2D eigenvalue weighted by Crippen LogP contribution is 2.29. The van der Waals surface area contributed by atoms with Crippen LogP contribution < -0.4 is 10.6 Å². The number of carboxylic acid groups (broad SMARTS) is 1. The van der Waals surface area contributed by atoms with Crippen molar-refractivity contribution in [2.24, 2.45) is 11.3 Å². The lowest BCUT2D eigenvalue weighted by Crippen LogP contribution is -2.51. The molecule has 0 aromatic heterocycles. The van der Waals surface area contributed by atoms with Gasteiger partial charge in [-0.25, -0.2) is 0 Å². The predicted molar refractivity (Wildman–Crippen MR) is 70.8 cm³/mol. The second-order valence-electron chi connectivity index (χ2n) is 5.12. The van der Waals surface area contributed by atoms with Gasteiger partial charge in [0.05, 0.1) is 17.9 Å². The number of piperidine rings is 1. The zero-order valence-corrected chi connectivity index (χ0v) is 11.7. The summed E-state index contributed by atoms with van der Waals surface area (Å²) in [5.41, 5.74) is -0.517. The number of carboxylic acids is 1. The van der Waals surface area contributed by atoms with E-state index in [9.17, 15) is 9.59 Å². The number of carbonyl (C=O) groups excluding carboxylic acids is 1. The van der Waals surface area contributed by atoms with Gasteiger partial charge in [0.25, 0.3) is 0 Å². The van der Waals surface area contributed by atoms with E-state index in [0.717, 1.165) is 25.9 Å². The molecular formula is C13H24N2O4. The standard InChI is InChI=1S/C13H24N2O4/c1-3-10(11(16)17)8-15-12(18)13(9-19-2)4-6-14-7-5-13/h10,14H,3-9H2,1-2H3,(H,15,18)(H,16,17). The molecule has 0 spiro atoms. The molecule has 1 rings (SSSR count).